The number of amides is 1. The van der Waals surface area contributed by atoms with Crippen LogP contribution in [0.2, 0.25) is 10.0 Å². The van der Waals surface area contributed by atoms with E-state index in [-0.39, 0.29) is 60.9 Å². The zero-order chi connectivity index (χ0) is 31.7. The summed E-state index contributed by atoms with van der Waals surface area (Å²) in [5.74, 6) is -3.81. The Morgan fingerprint density at radius 1 is 1.14 bits per heavy atom. The summed E-state index contributed by atoms with van der Waals surface area (Å²) in [7, 11) is 0. The van der Waals surface area contributed by atoms with Crippen LogP contribution < -0.4 is 0 Å². The van der Waals surface area contributed by atoms with Crippen LogP contribution in [-0.2, 0) is 11.0 Å². The molecule has 1 aromatic heterocycles. The van der Waals surface area contributed by atoms with Crippen LogP contribution in [0.15, 0.2) is 18.3 Å². The van der Waals surface area contributed by atoms with E-state index in [2.05, 4.69) is 5.10 Å². The first kappa shape index (κ1) is 33.1. The molecule has 1 N–H and O–H groups in total. The maximum atomic E-state index is 14.5. The molecule has 1 saturated heterocycles. The Bertz CT molecular complexity index is 1350. The van der Waals surface area contributed by atoms with Crippen molar-refractivity contribution in [3.8, 4) is 0 Å². The maximum absolute atomic E-state index is 14.5. The molecule has 8 nitrogen and oxygen atoms in total. The lowest BCUT2D eigenvalue weighted by atomic mass is 9.74. The number of hydrogen-bond acceptors (Lipinski definition) is 5. The summed E-state index contributed by atoms with van der Waals surface area (Å²) in [6.45, 7) is 1.24. The number of aliphatic carboxylic acids is 1. The van der Waals surface area contributed by atoms with Crippen LogP contribution in [0.1, 0.15) is 77.9 Å². The first-order chi connectivity index (χ1) is 20.1. The molecule has 1 amide bonds. The van der Waals surface area contributed by atoms with E-state index < -0.39 is 65.1 Å². The largest absolute Gasteiger partial charge is 0.481 e. The van der Waals surface area contributed by atoms with Crippen molar-refractivity contribution in [1.82, 2.24) is 19.6 Å². The Morgan fingerprint density at radius 3 is 2.33 bits per heavy atom. The molecule has 0 radical (unpaired) electrons. The van der Waals surface area contributed by atoms with Gasteiger partial charge in [0.2, 0.25) is 0 Å². The fourth-order valence-corrected chi connectivity index (χ4v) is 6.40. The van der Waals surface area contributed by atoms with Crippen molar-refractivity contribution in [3.63, 3.8) is 0 Å². The molecule has 0 spiro atoms. The zero-order valence-electron chi connectivity index (χ0n) is 23.3. The summed E-state index contributed by atoms with van der Waals surface area (Å²) in [6, 6.07) is 0.910. The Kier molecular flexibility index (Phi) is 10.1. The number of benzene rings is 1. The van der Waals surface area contributed by atoms with E-state index in [1.165, 1.54) is 6.92 Å². The van der Waals surface area contributed by atoms with Gasteiger partial charge in [-0.1, -0.05) is 23.2 Å². The minimum atomic E-state index is -5.01. The molecule has 15 heteroatoms. The predicted octanol–water partition coefficient (Wildman–Crippen LogP) is 6.31. The summed E-state index contributed by atoms with van der Waals surface area (Å²) in [5.41, 5.74) is -3.46. The van der Waals surface area contributed by atoms with Gasteiger partial charge in [0.25, 0.3) is 5.91 Å². The summed E-state index contributed by atoms with van der Waals surface area (Å²) < 4.78 is 71.9. The number of carboxylic acids is 1. The molecule has 1 unspecified atom stereocenters. The van der Waals surface area contributed by atoms with Crippen molar-refractivity contribution >= 4 is 40.9 Å². The van der Waals surface area contributed by atoms with Gasteiger partial charge in [-0.2, -0.15) is 18.3 Å². The van der Waals surface area contributed by atoms with E-state index in [1.54, 1.807) is 4.90 Å². The molecular formula is C28H31Cl2F5N4O4. The van der Waals surface area contributed by atoms with Crippen molar-refractivity contribution < 1.29 is 41.4 Å². The highest BCUT2D eigenvalue weighted by Crippen LogP contribution is 2.43. The third kappa shape index (κ3) is 7.49. The number of carbonyl (C=O) groups excluding carboxylic acids is 2. The van der Waals surface area contributed by atoms with Gasteiger partial charge in [-0.25, -0.2) is 8.78 Å². The van der Waals surface area contributed by atoms with Crippen molar-refractivity contribution in [2.45, 2.75) is 63.8 Å². The lowest BCUT2D eigenvalue weighted by molar-refractivity contribution is -0.152. The number of Topliss-reactive ketones (excluding diaryl/α,β-unsaturated/α-hetero) is 1. The van der Waals surface area contributed by atoms with Gasteiger partial charge in [0.1, 0.15) is 12.0 Å². The normalized spacial score (nSPS) is 23.3. The molecule has 1 aliphatic carbocycles. The van der Waals surface area contributed by atoms with Gasteiger partial charge in [0.05, 0.1) is 45.4 Å². The van der Waals surface area contributed by atoms with Crippen molar-refractivity contribution in [3.05, 3.63) is 51.0 Å². The van der Waals surface area contributed by atoms with Crippen LogP contribution in [0, 0.1) is 11.2 Å². The number of carbonyl (C=O) groups is 3. The predicted molar refractivity (Wildman–Crippen MR) is 148 cm³/mol. The van der Waals surface area contributed by atoms with Gasteiger partial charge in [-0.3, -0.25) is 24.0 Å². The SMILES string of the molecule is CC1(C(=O)O)CCC(n2ncc(C(=O)N(CCN3CCCC(F)C3)CC(=O)c3c(Cl)cc(F)cc3Cl)c2C(F)(F)F)CC1. The quantitative estimate of drug-likeness (QED) is 0.252. The van der Waals surface area contributed by atoms with Gasteiger partial charge < -0.3 is 10.0 Å². The number of rotatable bonds is 9. The van der Waals surface area contributed by atoms with Gasteiger partial charge in [-0.05, 0) is 64.1 Å². The van der Waals surface area contributed by atoms with Crippen molar-refractivity contribution in [2.75, 3.05) is 32.7 Å². The minimum Gasteiger partial charge on any atom is -0.481 e. The van der Waals surface area contributed by atoms with Crippen LogP contribution in [0.4, 0.5) is 22.0 Å². The Hall–Kier alpha value is -2.77. The molecule has 0 bridgehead atoms. The van der Waals surface area contributed by atoms with E-state index >= 15 is 0 Å². The van der Waals surface area contributed by atoms with Gasteiger partial charge >= 0.3 is 12.1 Å². The van der Waals surface area contributed by atoms with Crippen LogP contribution >= 0.6 is 23.2 Å². The number of aromatic nitrogens is 2. The molecule has 1 atom stereocenters. The minimum absolute atomic E-state index is 0.0777. The monoisotopic (exact) mass is 652 g/mol. The molecule has 43 heavy (non-hydrogen) atoms. The number of carboxylic acid groups (broad SMARTS) is 1. The molecule has 236 valence electrons. The second-order valence-electron chi connectivity index (χ2n) is 11.4. The molecule has 2 aromatic rings. The highest BCUT2D eigenvalue weighted by Gasteiger charge is 2.45. The fourth-order valence-electron chi connectivity index (χ4n) is 5.72. The number of alkyl halides is 4. The average molecular weight is 653 g/mol. The van der Waals surface area contributed by atoms with Crippen molar-refractivity contribution in [2.24, 2.45) is 5.41 Å². The summed E-state index contributed by atoms with van der Waals surface area (Å²) in [5, 5.41) is 12.8. The van der Waals surface area contributed by atoms with E-state index in [1.807, 2.05) is 0 Å². The Morgan fingerprint density at radius 2 is 1.77 bits per heavy atom. The zero-order valence-corrected chi connectivity index (χ0v) is 24.8. The first-order valence-corrected chi connectivity index (χ1v) is 14.6. The summed E-state index contributed by atoms with van der Waals surface area (Å²) in [6.07, 6.45) is -3.93. The number of likely N-dealkylation sites (tertiary alicyclic amines) is 1. The standard InChI is InChI=1S/C28H31Cl2F5N4O4/c1-27(26(42)43)6-4-18(5-7-27)39-24(28(33,34)35)19(13-36-39)25(41)38(10-9-37-8-2-3-16(31)14-37)15-22(40)23-20(29)11-17(32)12-21(23)30/h11-13,16,18H,2-10,14-15H2,1H3,(H,42,43). The summed E-state index contributed by atoms with van der Waals surface area (Å²) >= 11 is 12.1. The van der Waals surface area contributed by atoms with E-state index in [4.69, 9.17) is 23.2 Å². The Labute approximate surface area is 254 Å². The van der Waals surface area contributed by atoms with Gasteiger partial charge in [-0.15, -0.1) is 0 Å². The lowest BCUT2D eigenvalue weighted by Gasteiger charge is -2.34. The number of piperidine rings is 1. The Balaban J connectivity index is 1.65. The smallest absolute Gasteiger partial charge is 0.433 e. The van der Waals surface area contributed by atoms with E-state index in [9.17, 15) is 41.4 Å². The second-order valence-corrected chi connectivity index (χ2v) is 12.2. The highest BCUT2D eigenvalue weighted by molar-refractivity contribution is 6.40. The molecule has 1 saturated carbocycles. The molecule has 4 rings (SSSR count). The molecule has 2 aliphatic rings. The molecule has 2 heterocycles. The summed E-state index contributed by atoms with van der Waals surface area (Å²) in [4.78, 5) is 41.2. The molecular weight excluding hydrogens is 622 g/mol. The maximum Gasteiger partial charge on any atom is 0.433 e. The molecule has 2 fully saturated rings. The number of hydrogen-bond donors (Lipinski definition) is 1. The average Bonchev–Trinajstić information content (AvgIpc) is 3.36. The van der Waals surface area contributed by atoms with E-state index in [0.717, 1.165) is 27.9 Å². The topological polar surface area (TPSA) is 95.7 Å². The number of nitrogens with zero attached hydrogens (tertiary/aromatic N) is 4. The fraction of sp³-hybridized carbons (Fsp3) is 0.571. The lowest BCUT2D eigenvalue weighted by Crippen LogP contribution is -2.45. The van der Waals surface area contributed by atoms with Gasteiger partial charge in [0, 0.05) is 19.6 Å². The second kappa shape index (κ2) is 13.1. The molecule has 1 aromatic carbocycles. The highest BCUT2D eigenvalue weighted by atomic mass is 35.5. The first-order valence-electron chi connectivity index (χ1n) is 13.8. The third-order valence-electron chi connectivity index (χ3n) is 8.26. The van der Waals surface area contributed by atoms with Crippen molar-refractivity contribution in [1.29, 1.82) is 0 Å². The third-order valence-corrected chi connectivity index (χ3v) is 8.85. The van der Waals surface area contributed by atoms with Crippen LogP contribution in [0.5, 0.6) is 0 Å². The molecule has 1 aliphatic heterocycles. The van der Waals surface area contributed by atoms with Crippen LogP contribution in [0.25, 0.3) is 0 Å². The van der Waals surface area contributed by atoms with Gasteiger partial charge in [0.15, 0.2) is 11.5 Å². The van der Waals surface area contributed by atoms with Crippen LogP contribution in [0.3, 0.4) is 0 Å². The number of halogens is 7. The van der Waals surface area contributed by atoms with Crippen LogP contribution in [-0.4, -0.2) is 81.2 Å². The number of ketones is 1. The van der Waals surface area contributed by atoms with E-state index in [0.29, 0.717) is 19.4 Å².